The summed E-state index contributed by atoms with van der Waals surface area (Å²) in [6.45, 7) is 2.63. The third kappa shape index (κ3) is 5.17. The van der Waals surface area contributed by atoms with Crippen LogP contribution < -0.4 is 16.4 Å². The number of carbonyl (C=O) groups is 2. The fourth-order valence-electron chi connectivity index (χ4n) is 4.62. The predicted molar refractivity (Wildman–Crippen MR) is 134 cm³/mol. The molecular weight excluding hydrogens is 520 g/mol. The number of nitrogens with one attached hydrogen (secondary N) is 2. The summed E-state index contributed by atoms with van der Waals surface area (Å²) in [5.41, 5.74) is 7.23. The molecule has 1 aliphatic rings. The molecule has 1 aromatic carbocycles. The third-order valence-corrected chi connectivity index (χ3v) is 6.52. The van der Waals surface area contributed by atoms with E-state index in [1.807, 2.05) is 6.07 Å². The molecule has 1 atom stereocenters. The molecule has 0 radical (unpaired) electrons. The quantitative estimate of drug-likeness (QED) is 0.325. The molecule has 1 unspecified atom stereocenters. The number of nitrogens with zero attached hydrogens (tertiary/aromatic N) is 5. The first-order valence-electron chi connectivity index (χ1n) is 11.8. The van der Waals surface area contributed by atoms with Gasteiger partial charge < -0.3 is 16.0 Å². The molecule has 4 N–H and O–H groups in total. The van der Waals surface area contributed by atoms with E-state index in [0.717, 1.165) is 24.4 Å². The average molecular weight is 542 g/mol. The van der Waals surface area contributed by atoms with Gasteiger partial charge in [0.2, 0.25) is 5.91 Å². The van der Waals surface area contributed by atoms with Gasteiger partial charge in [0.1, 0.15) is 23.5 Å². The van der Waals surface area contributed by atoms with Gasteiger partial charge in [-0.05, 0) is 42.3 Å². The lowest BCUT2D eigenvalue weighted by Crippen LogP contribution is -2.25. The van der Waals surface area contributed by atoms with Crippen molar-refractivity contribution in [1.82, 2.24) is 24.5 Å². The van der Waals surface area contributed by atoms with Gasteiger partial charge >= 0.3 is 12.2 Å². The number of pyridine rings is 1. The SMILES string of the molecule is CC(=O)N1CCC(c2cc(-c3ccc(NC(=O)Nc4cc(C(F)(F)F)ccn4)c(F)c3)c3c(N)ncnn23)C1. The minimum absolute atomic E-state index is 0.0107. The Balaban J connectivity index is 1.40. The number of fused-ring (bicyclic) bond motifs is 1. The smallest absolute Gasteiger partial charge is 0.382 e. The molecule has 4 aromatic rings. The van der Waals surface area contributed by atoms with Gasteiger partial charge in [-0.3, -0.25) is 10.1 Å². The molecule has 0 bridgehead atoms. The number of alkyl halides is 3. The number of halogens is 4. The maximum Gasteiger partial charge on any atom is 0.416 e. The van der Waals surface area contributed by atoms with E-state index < -0.39 is 23.6 Å². The highest BCUT2D eigenvalue weighted by Crippen LogP contribution is 2.37. The zero-order chi connectivity index (χ0) is 27.9. The van der Waals surface area contributed by atoms with Gasteiger partial charge in [-0.15, -0.1) is 0 Å². The number of likely N-dealkylation sites (tertiary alicyclic amines) is 1. The van der Waals surface area contributed by atoms with Gasteiger partial charge in [-0.25, -0.2) is 23.7 Å². The second-order valence-corrected chi connectivity index (χ2v) is 9.04. The number of benzene rings is 1. The van der Waals surface area contributed by atoms with E-state index >= 15 is 4.39 Å². The number of aromatic nitrogens is 4. The first-order chi connectivity index (χ1) is 18.5. The summed E-state index contributed by atoms with van der Waals surface area (Å²) >= 11 is 0. The molecule has 0 saturated carbocycles. The Morgan fingerprint density at radius 2 is 1.90 bits per heavy atom. The first-order valence-corrected chi connectivity index (χ1v) is 11.8. The van der Waals surface area contributed by atoms with Crippen molar-refractivity contribution in [3.63, 3.8) is 0 Å². The van der Waals surface area contributed by atoms with Crippen molar-refractivity contribution in [2.45, 2.75) is 25.4 Å². The van der Waals surface area contributed by atoms with E-state index in [1.54, 1.807) is 15.5 Å². The summed E-state index contributed by atoms with van der Waals surface area (Å²) in [6.07, 6.45) is -1.66. The Morgan fingerprint density at radius 1 is 1.10 bits per heavy atom. The van der Waals surface area contributed by atoms with Crippen LogP contribution in [0.5, 0.6) is 0 Å². The van der Waals surface area contributed by atoms with Crippen LogP contribution in [0.4, 0.5) is 39.7 Å². The minimum atomic E-state index is -4.61. The molecule has 1 fully saturated rings. The van der Waals surface area contributed by atoms with Gasteiger partial charge in [-0.2, -0.15) is 18.3 Å². The largest absolute Gasteiger partial charge is 0.416 e. The molecule has 1 saturated heterocycles. The van der Waals surface area contributed by atoms with Crippen molar-refractivity contribution < 1.29 is 27.2 Å². The van der Waals surface area contributed by atoms with Gasteiger partial charge in [0.25, 0.3) is 0 Å². The van der Waals surface area contributed by atoms with Crippen molar-refractivity contribution in [3.8, 4) is 11.1 Å². The van der Waals surface area contributed by atoms with Gasteiger partial charge in [0.05, 0.1) is 11.3 Å². The summed E-state index contributed by atoms with van der Waals surface area (Å²) in [4.78, 5) is 33.6. The number of amides is 3. The highest BCUT2D eigenvalue weighted by atomic mass is 19.4. The number of hydrogen-bond donors (Lipinski definition) is 3. The van der Waals surface area contributed by atoms with Gasteiger partial charge in [0, 0.05) is 43.4 Å². The van der Waals surface area contributed by atoms with Crippen LogP contribution >= 0.6 is 0 Å². The minimum Gasteiger partial charge on any atom is -0.382 e. The lowest BCUT2D eigenvalue weighted by molar-refractivity contribution is -0.137. The van der Waals surface area contributed by atoms with Crippen LogP contribution in [0.1, 0.15) is 30.5 Å². The van der Waals surface area contributed by atoms with E-state index in [9.17, 15) is 22.8 Å². The van der Waals surface area contributed by atoms with Gasteiger partial charge in [-0.1, -0.05) is 6.07 Å². The van der Waals surface area contributed by atoms with Crippen molar-refractivity contribution in [2.75, 3.05) is 29.5 Å². The molecule has 14 heteroatoms. The standard InChI is InChI=1S/C25H22F4N8O2/c1-13(38)36-7-5-15(11-36)20-10-17(22-23(30)32-12-33-37(20)22)14-2-3-19(18(26)8-14)34-24(39)35-21-9-16(4-6-31-21)25(27,28)29/h2-4,6,8-10,12,15H,5,7,11H2,1H3,(H2,30,32,33)(H2,31,34,35,39). The molecule has 1 aliphatic heterocycles. The van der Waals surface area contributed by atoms with Crippen LogP contribution in [-0.4, -0.2) is 49.5 Å². The average Bonchev–Trinajstić information content (AvgIpc) is 3.51. The molecular formula is C25H22F4N8O2. The van der Waals surface area contributed by atoms with Crippen molar-refractivity contribution in [2.24, 2.45) is 0 Å². The molecule has 3 amide bonds. The monoisotopic (exact) mass is 542 g/mol. The number of urea groups is 1. The lowest BCUT2D eigenvalue weighted by atomic mass is 10.0. The van der Waals surface area contributed by atoms with Crippen molar-refractivity contribution in [1.29, 1.82) is 0 Å². The van der Waals surface area contributed by atoms with Crippen LogP contribution in [0.25, 0.3) is 16.6 Å². The zero-order valence-corrected chi connectivity index (χ0v) is 20.5. The van der Waals surface area contributed by atoms with E-state index in [-0.39, 0.29) is 29.1 Å². The second-order valence-electron chi connectivity index (χ2n) is 9.04. The molecule has 202 valence electrons. The number of nitrogen functional groups attached to an aromatic ring is 1. The molecule has 0 aliphatic carbocycles. The fourth-order valence-corrected chi connectivity index (χ4v) is 4.62. The maximum absolute atomic E-state index is 15.1. The summed E-state index contributed by atoms with van der Waals surface area (Å²) in [6, 6.07) is 6.37. The van der Waals surface area contributed by atoms with E-state index in [1.165, 1.54) is 25.4 Å². The van der Waals surface area contributed by atoms with Crippen molar-refractivity contribution >= 4 is 34.8 Å². The summed E-state index contributed by atoms with van der Waals surface area (Å²) in [5, 5.41) is 8.76. The number of hydrogen-bond acceptors (Lipinski definition) is 6. The molecule has 3 aromatic heterocycles. The molecule has 4 heterocycles. The highest BCUT2D eigenvalue weighted by Gasteiger charge is 2.31. The maximum atomic E-state index is 15.1. The Bertz CT molecular complexity index is 1590. The summed E-state index contributed by atoms with van der Waals surface area (Å²) in [7, 11) is 0. The Hall–Kier alpha value is -4.75. The zero-order valence-electron chi connectivity index (χ0n) is 20.5. The fraction of sp³-hybridized carbons (Fsp3) is 0.240. The van der Waals surface area contributed by atoms with Crippen molar-refractivity contribution in [3.05, 3.63) is 66.0 Å². The number of anilines is 3. The third-order valence-electron chi connectivity index (χ3n) is 6.52. The van der Waals surface area contributed by atoms with Crippen LogP contribution in [0.2, 0.25) is 0 Å². The molecule has 0 spiro atoms. The Kier molecular flexibility index (Phi) is 6.54. The number of rotatable bonds is 4. The second kappa shape index (κ2) is 9.85. The van der Waals surface area contributed by atoms with Crippen LogP contribution in [-0.2, 0) is 11.0 Å². The van der Waals surface area contributed by atoms with E-state index in [4.69, 9.17) is 5.73 Å². The number of carbonyl (C=O) groups excluding carboxylic acids is 2. The predicted octanol–water partition coefficient (Wildman–Crippen LogP) is 4.51. The van der Waals surface area contributed by atoms with Crippen LogP contribution in [0.15, 0.2) is 48.9 Å². The normalized spacial score (nSPS) is 15.5. The molecule has 39 heavy (non-hydrogen) atoms. The van der Waals surface area contributed by atoms with Crippen LogP contribution in [0, 0.1) is 5.82 Å². The van der Waals surface area contributed by atoms with E-state index in [0.29, 0.717) is 35.8 Å². The van der Waals surface area contributed by atoms with Crippen LogP contribution in [0.3, 0.4) is 0 Å². The van der Waals surface area contributed by atoms with E-state index in [2.05, 4.69) is 25.7 Å². The first kappa shape index (κ1) is 25.9. The number of nitrogens with two attached hydrogens (primary N) is 1. The molecule has 10 nitrogen and oxygen atoms in total. The van der Waals surface area contributed by atoms with Gasteiger partial charge in [0.15, 0.2) is 5.82 Å². The highest BCUT2D eigenvalue weighted by molar-refractivity contribution is 5.99. The lowest BCUT2D eigenvalue weighted by Gasteiger charge is -2.13. The Labute approximate surface area is 218 Å². The topological polar surface area (TPSA) is 131 Å². The Morgan fingerprint density at radius 3 is 2.59 bits per heavy atom. The summed E-state index contributed by atoms with van der Waals surface area (Å²) in [5.74, 6) is -0.991. The summed E-state index contributed by atoms with van der Waals surface area (Å²) < 4.78 is 55.4. The molecule has 5 rings (SSSR count).